The van der Waals surface area contributed by atoms with Crippen LogP contribution < -0.4 is 0 Å². The largest absolute Gasteiger partial charge is 0.339 e. The van der Waals surface area contributed by atoms with Crippen LogP contribution in [-0.4, -0.2) is 43.9 Å². The normalized spacial score (nSPS) is 16.5. The van der Waals surface area contributed by atoms with Gasteiger partial charge < -0.3 is 4.90 Å². The number of likely N-dealkylation sites (tertiary alicyclic amines) is 1. The van der Waals surface area contributed by atoms with Crippen LogP contribution in [0.5, 0.6) is 0 Å². The Morgan fingerprint density at radius 1 is 1.06 bits per heavy atom. The number of carbonyl (C=O) groups excluding carboxylic acids is 1. The van der Waals surface area contributed by atoms with E-state index in [0.717, 1.165) is 37.3 Å². The summed E-state index contributed by atoms with van der Waals surface area (Å²) in [5, 5.41) is 9.44. The number of benzene rings is 2. The summed E-state index contributed by atoms with van der Waals surface area (Å²) in [4.78, 5) is 14.8. The molecule has 2 aromatic carbocycles. The molecule has 4 rings (SSSR count). The molecule has 31 heavy (non-hydrogen) atoms. The van der Waals surface area contributed by atoms with E-state index in [4.69, 9.17) is 0 Å². The highest BCUT2D eigenvalue weighted by Gasteiger charge is 2.24. The third kappa shape index (κ3) is 5.34. The number of aryl methyl sites for hydroxylation is 2. The average molecular weight is 439 g/mol. The van der Waals surface area contributed by atoms with Crippen molar-refractivity contribution in [2.75, 3.05) is 12.3 Å². The molecule has 1 fully saturated rings. The van der Waals surface area contributed by atoms with Gasteiger partial charge in [0.25, 0.3) is 0 Å². The summed E-state index contributed by atoms with van der Waals surface area (Å²) >= 11 is 1.40. The molecule has 0 aliphatic carbocycles. The van der Waals surface area contributed by atoms with Crippen LogP contribution >= 0.6 is 11.8 Å². The number of hydrogen-bond acceptors (Lipinski definition) is 4. The number of hydrogen-bond donors (Lipinski definition) is 0. The Kier molecular flexibility index (Phi) is 7.02. The fourth-order valence-electron chi connectivity index (χ4n) is 3.98. The molecular weight excluding hydrogens is 411 g/mol. The Bertz CT molecular complexity index is 1010. The molecule has 5 nitrogen and oxygen atoms in total. The van der Waals surface area contributed by atoms with Gasteiger partial charge in [-0.2, -0.15) is 0 Å². The minimum Gasteiger partial charge on any atom is -0.339 e. The summed E-state index contributed by atoms with van der Waals surface area (Å²) in [6.07, 6.45) is 4.84. The van der Waals surface area contributed by atoms with E-state index in [1.165, 1.54) is 35.9 Å². The molecular formula is C24H27FN4OS. The Morgan fingerprint density at radius 2 is 1.84 bits per heavy atom. The first-order valence-electron chi connectivity index (χ1n) is 10.8. The number of halogens is 1. The lowest BCUT2D eigenvalue weighted by molar-refractivity contribution is -0.131. The lowest BCUT2D eigenvalue weighted by atomic mass is 10.0. The Balaban J connectivity index is 1.53. The first-order chi connectivity index (χ1) is 15.1. The number of aromatic nitrogens is 3. The molecule has 1 aromatic heterocycles. The molecule has 0 saturated carbocycles. The molecule has 1 saturated heterocycles. The number of nitrogens with zero attached hydrogens (tertiary/aromatic N) is 4. The van der Waals surface area contributed by atoms with E-state index in [1.54, 1.807) is 12.1 Å². The lowest BCUT2D eigenvalue weighted by Gasteiger charge is -2.33. The third-order valence-corrected chi connectivity index (χ3v) is 6.63. The zero-order valence-electron chi connectivity index (χ0n) is 17.7. The highest BCUT2D eigenvalue weighted by atomic mass is 32.2. The summed E-state index contributed by atoms with van der Waals surface area (Å²) in [6.45, 7) is 2.94. The fraction of sp³-hybridized carbons (Fsp3) is 0.375. The van der Waals surface area contributed by atoms with Crippen molar-refractivity contribution in [2.24, 2.45) is 0 Å². The van der Waals surface area contributed by atoms with Crippen molar-refractivity contribution in [2.45, 2.75) is 50.2 Å². The molecule has 0 radical (unpaired) electrons. The van der Waals surface area contributed by atoms with Crippen LogP contribution in [0.15, 0.2) is 59.8 Å². The number of piperidine rings is 1. The second-order valence-electron chi connectivity index (χ2n) is 7.92. The molecule has 0 N–H and O–H groups in total. The predicted octanol–water partition coefficient (Wildman–Crippen LogP) is 4.68. The van der Waals surface area contributed by atoms with Crippen molar-refractivity contribution in [3.63, 3.8) is 0 Å². The monoisotopic (exact) mass is 438 g/mol. The van der Waals surface area contributed by atoms with Crippen molar-refractivity contribution in [3.05, 3.63) is 71.8 Å². The zero-order valence-corrected chi connectivity index (χ0v) is 18.5. The highest BCUT2D eigenvalue weighted by Crippen LogP contribution is 2.25. The van der Waals surface area contributed by atoms with Crippen LogP contribution in [0.25, 0.3) is 5.69 Å². The molecule has 3 aromatic rings. The van der Waals surface area contributed by atoms with E-state index >= 15 is 0 Å². The molecule has 1 aliphatic rings. The first-order valence-corrected chi connectivity index (χ1v) is 11.8. The van der Waals surface area contributed by atoms with E-state index < -0.39 is 0 Å². The smallest absolute Gasteiger partial charge is 0.233 e. The van der Waals surface area contributed by atoms with E-state index in [2.05, 4.69) is 29.3 Å². The van der Waals surface area contributed by atoms with Crippen molar-refractivity contribution < 1.29 is 9.18 Å². The maximum atomic E-state index is 13.5. The Hall–Kier alpha value is -2.67. The molecule has 0 bridgehead atoms. The van der Waals surface area contributed by atoms with Crippen molar-refractivity contribution in [1.82, 2.24) is 19.7 Å². The highest BCUT2D eigenvalue weighted by molar-refractivity contribution is 7.99. The molecule has 162 valence electrons. The van der Waals surface area contributed by atoms with Gasteiger partial charge in [0.05, 0.1) is 5.75 Å². The molecule has 7 heteroatoms. The molecule has 2 heterocycles. The second-order valence-corrected chi connectivity index (χ2v) is 8.86. The Morgan fingerprint density at radius 3 is 2.58 bits per heavy atom. The number of thioether (sulfide) groups is 1. The van der Waals surface area contributed by atoms with Crippen LogP contribution in [0.4, 0.5) is 4.39 Å². The first kappa shape index (κ1) is 21.6. The van der Waals surface area contributed by atoms with Crippen molar-refractivity contribution >= 4 is 17.7 Å². The molecule has 1 atom stereocenters. The molecule has 0 unspecified atom stereocenters. The summed E-state index contributed by atoms with van der Waals surface area (Å²) in [7, 11) is 0. The fourth-order valence-corrected chi connectivity index (χ4v) is 4.84. The van der Waals surface area contributed by atoms with E-state index in [1.807, 2.05) is 27.7 Å². The quantitative estimate of drug-likeness (QED) is 0.503. The molecule has 1 aliphatic heterocycles. The zero-order chi connectivity index (χ0) is 21.6. The summed E-state index contributed by atoms with van der Waals surface area (Å²) in [5.74, 6) is 0.974. The van der Waals surface area contributed by atoms with Crippen LogP contribution in [0.2, 0.25) is 0 Å². The van der Waals surface area contributed by atoms with Gasteiger partial charge in [0.1, 0.15) is 11.6 Å². The van der Waals surface area contributed by atoms with Gasteiger partial charge in [0, 0.05) is 24.7 Å². The van der Waals surface area contributed by atoms with Gasteiger partial charge in [-0.05, 0) is 62.4 Å². The topological polar surface area (TPSA) is 51.0 Å². The summed E-state index contributed by atoms with van der Waals surface area (Å²) in [5.41, 5.74) is 2.02. The minimum atomic E-state index is -0.286. The van der Waals surface area contributed by atoms with Gasteiger partial charge in [-0.25, -0.2) is 4.39 Å². The second kappa shape index (κ2) is 10.1. The van der Waals surface area contributed by atoms with Crippen molar-refractivity contribution in [1.29, 1.82) is 0 Å². The number of amides is 1. The van der Waals surface area contributed by atoms with Gasteiger partial charge in [-0.1, -0.05) is 42.1 Å². The van der Waals surface area contributed by atoms with E-state index in [9.17, 15) is 9.18 Å². The lowest BCUT2D eigenvalue weighted by Crippen LogP contribution is -2.42. The van der Waals surface area contributed by atoms with Gasteiger partial charge in [0.2, 0.25) is 5.91 Å². The van der Waals surface area contributed by atoms with Crippen LogP contribution in [0.3, 0.4) is 0 Å². The van der Waals surface area contributed by atoms with Crippen LogP contribution in [-0.2, 0) is 17.6 Å². The summed E-state index contributed by atoms with van der Waals surface area (Å²) < 4.78 is 15.4. The predicted molar refractivity (Wildman–Crippen MR) is 121 cm³/mol. The maximum Gasteiger partial charge on any atom is 0.233 e. The summed E-state index contributed by atoms with van der Waals surface area (Å²) in [6, 6.07) is 16.8. The van der Waals surface area contributed by atoms with E-state index in [0.29, 0.717) is 23.4 Å². The standard InChI is InChI=1S/C24H27FN4OS/c1-18-7-5-6-16-28(18)23(30)17-31-24-27-26-22(15-10-19-8-3-2-4-9-19)29(24)21-13-11-20(25)12-14-21/h2-4,8-9,11-14,18H,5-7,10,15-17H2,1H3/t18-/m0/s1. The third-order valence-electron chi connectivity index (χ3n) is 5.71. The Labute approximate surface area is 186 Å². The van der Waals surface area contributed by atoms with E-state index in [-0.39, 0.29) is 11.7 Å². The van der Waals surface area contributed by atoms with Crippen LogP contribution in [0, 0.1) is 5.82 Å². The maximum absolute atomic E-state index is 13.5. The average Bonchev–Trinajstić information content (AvgIpc) is 3.20. The minimum absolute atomic E-state index is 0.136. The van der Waals surface area contributed by atoms with Gasteiger partial charge in [-0.15, -0.1) is 10.2 Å². The van der Waals surface area contributed by atoms with Crippen molar-refractivity contribution in [3.8, 4) is 5.69 Å². The number of carbonyl (C=O) groups is 1. The van der Waals surface area contributed by atoms with Crippen LogP contribution in [0.1, 0.15) is 37.6 Å². The van der Waals surface area contributed by atoms with Gasteiger partial charge in [-0.3, -0.25) is 9.36 Å². The van der Waals surface area contributed by atoms with Gasteiger partial charge in [0.15, 0.2) is 5.16 Å². The molecule has 1 amide bonds. The van der Waals surface area contributed by atoms with Gasteiger partial charge >= 0.3 is 0 Å². The SMILES string of the molecule is C[C@H]1CCCCN1C(=O)CSc1nnc(CCc2ccccc2)n1-c1ccc(F)cc1. The number of rotatable bonds is 7. The molecule has 0 spiro atoms.